The van der Waals surface area contributed by atoms with E-state index < -0.39 is 0 Å². The number of likely N-dealkylation sites (tertiary alicyclic amines) is 1. The zero-order chi connectivity index (χ0) is 12.8. The van der Waals surface area contributed by atoms with Crippen molar-refractivity contribution < 1.29 is 0 Å². The number of piperidine rings is 1. The Morgan fingerprint density at radius 3 is 2.61 bits per heavy atom. The minimum atomic E-state index is 0.396. The summed E-state index contributed by atoms with van der Waals surface area (Å²) in [5.74, 6) is 0. The third-order valence-electron chi connectivity index (χ3n) is 3.68. The zero-order valence-corrected chi connectivity index (χ0v) is 11.0. The van der Waals surface area contributed by atoms with E-state index in [4.69, 9.17) is 5.26 Å². The molecule has 0 amide bonds. The molecule has 1 aromatic rings. The summed E-state index contributed by atoms with van der Waals surface area (Å²) in [4.78, 5) is 2.42. The lowest BCUT2D eigenvalue weighted by molar-refractivity contribution is 0.169. The van der Waals surface area contributed by atoms with Crippen molar-refractivity contribution in [1.29, 1.82) is 5.26 Å². The van der Waals surface area contributed by atoms with Crippen LogP contribution >= 0.6 is 0 Å². The highest BCUT2D eigenvalue weighted by atomic mass is 15.2. The fraction of sp³-hybridized carbons (Fsp3) is 0.533. The van der Waals surface area contributed by atoms with Crippen LogP contribution in [-0.4, -0.2) is 30.1 Å². The second-order valence-electron chi connectivity index (χ2n) is 5.03. The van der Waals surface area contributed by atoms with Gasteiger partial charge in [-0.05, 0) is 31.9 Å². The number of hydrogen-bond acceptors (Lipinski definition) is 3. The van der Waals surface area contributed by atoms with Crippen molar-refractivity contribution in [3.05, 3.63) is 30.3 Å². The van der Waals surface area contributed by atoms with Gasteiger partial charge < -0.3 is 5.32 Å². The van der Waals surface area contributed by atoms with Crippen molar-refractivity contribution in [2.24, 2.45) is 0 Å². The minimum Gasteiger partial charge on any atom is -0.382 e. The molecule has 3 nitrogen and oxygen atoms in total. The van der Waals surface area contributed by atoms with E-state index in [9.17, 15) is 0 Å². The fourth-order valence-corrected chi connectivity index (χ4v) is 2.52. The molecule has 1 aromatic carbocycles. The Labute approximate surface area is 109 Å². The maximum absolute atomic E-state index is 8.73. The number of anilines is 1. The summed E-state index contributed by atoms with van der Waals surface area (Å²) >= 11 is 0. The van der Waals surface area contributed by atoms with E-state index >= 15 is 0 Å². The lowest BCUT2D eigenvalue weighted by Crippen LogP contribution is -2.43. The van der Waals surface area contributed by atoms with Crippen LogP contribution in [0.4, 0.5) is 5.69 Å². The number of nitriles is 1. The van der Waals surface area contributed by atoms with Gasteiger partial charge in [0.15, 0.2) is 0 Å². The molecule has 1 heterocycles. The molecule has 0 spiro atoms. The number of benzene rings is 1. The molecular weight excluding hydrogens is 222 g/mol. The molecule has 1 N–H and O–H groups in total. The lowest BCUT2D eigenvalue weighted by atomic mass is 10.0. The van der Waals surface area contributed by atoms with Crippen LogP contribution in [0.3, 0.4) is 0 Å². The average molecular weight is 243 g/mol. The average Bonchev–Trinajstić information content (AvgIpc) is 2.41. The van der Waals surface area contributed by atoms with Crippen LogP contribution < -0.4 is 5.32 Å². The van der Waals surface area contributed by atoms with Crippen LogP contribution in [0.1, 0.15) is 26.2 Å². The van der Waals surface area contributed by atoms with Gasteiger partial charge in [0.05, 0.1) is 12.5 Å². The molecule has 2 rings (SSSR count). The zero-order valence-electron chi connectivity index (χ0n) is 11.0. The molecule has 1 atom stereocenters. The van der Waals surface area contributed by atoms with Gasteiger partial charge in [0.25, 0.3) is 0 Å². The molecule has 0 saturated carbocycles. The first-order valence-electron chi connectivity index (χ1n) is 6.72. The van der Waals surface area contributed by atoms with Crippen LogP contribution in [0.25, 0.3) is 0 Å². The summed E-state index contributed by atoms with van der Waals surface area (Å²) in [5.41, 5.74) is 1.21. The van der Waals surface area contributed by atoms with E-state index in [2.05, 4.69) is 47.5 Å². The van der Waals surface area contributed by atoms with Gasteiger partial charge in [-0.25, -0.2) is 0 Å². The molecule has 0 unspecified atom stereocenters. The molecule has 1 saturated heterocycles. The first-order valence-corrected chi connectivity index (χ1v) is 6.72. The maximum atomic E-state index is 8.73. The summed E-state index contributed by atoms with van der Waals surface area (Å²) in [6.07, 6.45) is 2.95. The Balaban J connectivity index is 1.79. The van der Waals surface area contributed by atoms with Crippen molar-refractivity contribution in [1.82, 2.24) is 4.90 Å². The second-order valence-corrected chi connectivity index (χ2v) is 5.03. The Morgan fingerprint density at radius 1 is 1.33 bits per heavy atom. The summed E-state index contributed by atoms with van der Waals surface area (Å²) < 4.78 is 0. The van der Waals surface area contributed by atoms with Crippen LogP contribution in [-0.2, 0) is 0 Å². The highest BCUT2D eigenvalue weighted by Crippen LogP contribution is 2.18. The first-order chi connectivity index (χ1) is 8.79. The molecule has 1 aliphatic rings. The number of hydrogen-bond donors (Lipinski definition) is 1. The normalized spacial score (nSPS) is 19.1. The van der Waals surface area contributed by atoms with Gasteiger partial charge in [-0.1, -0.05) is 18.2 Å². The monoisotopic (exact) mass is 243 g/mol. The molecule has 0 radical (unpaired) electrons. The Bertz CT molecular complexity index is 388. The maximum Gasteiger partial charge on any atom is 0.0638 e. The molecule has 0 aliphatic carbocycles. The van der Waals surface area contributed by atoms with Gasteiger partial charge in [0.2, 0.25) is 0 Å². The highest BCUT2D eigenvalue weighted by Gasteiger charge is 2.22. The molecule has 0 bridgehead atoms. The predicted molar refractivity (Wildman–Crippen MR) is 74.4 cm³/mol. The summed E-state index contributed by atoms with van der Waals surface area (Å²) in [5, 5.41) is 12.3. The van der Waals surface area contributed by atoms with E-state index in [0.29, 0.717) is 18.5 Å². The largest absolute Gasteiger partial charge is 0.382 e. The number of para-hydroxylation sites is 1. The Morgan fingerprint density at radius 2 is 2.00 bits per heavy atom. The van der Waals surface area contributed by atoms with E-state index in [1.165, 1.54) is 5.69 Å². The summed E-state index contributed by atoms with van der Waals surface area (Å²) in [7, 11) is 0. The highest BCUT2D eigenvalue weighted by molar-refractivity contribution is 5.43. The molecule has 3 heteroatoms. The Kier molecular flexibility index (Phi) is 4.60. The van der Waals surface area contributed by atoms with Crippen LogP contribution in [0.15, 0.2) is 30.3 Å². The van der Waals surface area contributed by atoms with E-state index in [1.54, 1.807) is 0 Å². The van der Waals surface area contributed by atoms with E-state index in [-0.39, 0.29) is 0 Å². The molecule has 18 heavy (non-hydrogen) atoms. The van der Waals surface area contributed by atoms with Gasteiger partial charge in [-0.3, -0.25) is 4.90 Å². The van der Waals surface area contributed by atoms with Crippen molar-refractivity contribution in [2.75, 3.05) is 18.4 Å². The lowest BCUT2D eigenvalue weighted by Gasteiger charge is -2.35. The van der Waals surface area contributed by atoms with Gasteiger partial charge in [0, 0.05) is 30.9 Å². The smallest absolute Gasteiger partial charge is 0.0638 e. The quantitative estimate of drug-likeness (QED) is 0.883. The molecule has 1 aliphatic heterocycles. The van der Waals surface area contributed by atoms with Gasteiger partial charge in [-0.15, -0.1) is 0 Å². The first kappa shape index (κ1) is 12.9. The van der Waals surface area contributed by atoms with Crippen LogP contribution in [0.2, 0.25) is 0 Å². The van der Waals surface area contributed by atoms with E-state index in [0.717, 1.165) is 25.9 Å². The topological polar surface area (TPSA) is 39.1 Å². The minimum absolute atomic E-state index is 0.396. The SMILES string of the molecule is C[C@H](CC#N)N1CCC(Nc2ccccc2)CC1. The van der Waals surface area contributed by atoms with Crippen molar-refractivity contribution in [3.63, 3.8) is 0 Å². The van der Waals surface area contributed by atoms with Gasteiger partial charge >= 0.3 is 0 Å². The van der Waals surface area contributed by atoms with Crippen LogP contribution in [0.5, 0.6) is 0 Å². The van der Waals surface area contributed by atoms with Crippen LogP contribution in [0, 0.1) is 11.3 Å². The molecule has 1 fully saturated rings. The van der Waals surface area contributed by atoms with Crippen molar-refractivity contribution >= 4 is 5.69 Å². The predicted octanol–water partition coefficient (Wildman–Crippen LogP) is 2.87. The Hall–Kier alpha value is -1.53. The number of rotatable bonds is 4. The third-order valence-corrected chi connectivity index (χ3v) is 3.68. The summed E-state index contributed by atoms with van der Waals surface area (Å²) in [6.45, 7) is 4.33. The molecule has 0 aromatic heterocycles. The van der Waals surface area contributed by atoms with E-state index in [1.807, 2.05) is 6.07 Å². The third kappa shape index (κ3) is 3.48. The second kappa shape index (κ2) is 6.42. The fourth-order valence-electron chi connectivity index (χ4n) is 2.52. The van der Waals surface area contributed by atoms with Crippen molar-refractivity contribution in [2.45, 2.75) is 38.3 Å². The summed E-state index contributed by atoms with van der Waals surface area (Å²) in [6, 6.07) is 13.6. The molecule has 96 valence electrons. The van der Waals surface area contributed by atoms with Crippen molar-refractivity contribution in [3.8, 4) is 6.07 Å². The van der Waals surface area contributed by atoms with Gasteiger partial charge in [-0.2, -0.15) is 5.26 Å². The standard InChI is InChI=1S/C15H21N3/c1-13(7-10-16)18-11-8-15(9-12-18)17-14-5-3-2-4-6-14/h2-6,13,15,17H,7-9,11-12H2,1H3/t13-/m1/s1. The molecular formula is C15H21N3. The number of nitrogens with zero attached hydrogens (tertiary/aromatic N) is 2. The number of nitrogens with one attached hydrogen (secondary N) is 1. The van der Waals surface area contributed by atoms with Gasteiger partial charge in [0.1, 0.15) is 0 Å².